The highest BCUT2D eigenvalue weighted by molar-refractivity contribution is 6.17. The van der Waals surface area contributed by atoms with Gasteiger partial charge >= 0.3 is 18.5 Å². The van der Waals surface area contributed by atoms with E-state index in [1.54, 1.807) is 0 Å². The van der Waals surface area contributed by atoms with Gasteiger partial charge in [0.15, 0.2) is 0 Å². The molecule has 0 aliphatic rings. The Labute approximate surface area is 131 Å². The van der Waals surface area contributed by atoms with Crippen LogP contribution in [0.3, 0.4) is 0 Å². The smallest absolute Gasteiger partial charge is 0.466 e. The van der Waals surface area contributed by atoms with E-state index < -0.39 is 53.4 Å². The minimum atomic E-state index is -5.28. The van der Waals surface area contributed by atoms with E-state index in [1.807, 2.05) is 0 Å². The predicted molar refractivity (Wildman–Crippen MR) is 65.8 cm³/mol. The van der Waals surface area contributed by atoms with E-state index in [-0.39, 0.29) is 6.61 Å². The molecule has 0 bridgehead atoms. The van der Waals surface area contributed by atoms with Crippen LogP contribution in [-0.2, 0) is 28.0 Å². The summed E-state index contributed by atoms with van der Waals surface area (Å²) in [5, 5.41) is 0. The number of ether oxygens (including phenoxy) is 2. The highest BCUT2D eigenvalue weighted by Gasteiger charge is 2.41. The molecule has 0 radical (unpaired) electrons. The second-order valence-electron chi connectivity index (χ2n) is 4.10. The number of aromatic nitrogens is 1. The molecule has 1 rings (SSSR count). The summed E-state index contributed by atoms with van der Waals surface area (Å²) in [6.45, 7) is 1.24. The Morgan fingerprint density at radius 1 is 1.26 bits per heavy atom. The van der Waals surface area contributed by atoms with Crippen molar-refractivity contribution in [2.24, 2.45) is 0 Å². The molecule has 0 aromatic carbocycles. The topological polar surface area (TPSA) is 48.4 Å². The SMILES string of the molecule is CCOC(=O)Cc1c(OC(F)(F)F)ncc(CCl)c1C(F)(F)F. The van der Waals surface area contributed by atoms with Crippen molar-refractivity contribution in [3.63, 3.8) is 0 Å². The van der Waals surface area contributed by atoms with E-state index in [9.17, 15) is 31.1 Å². The van der Waals surface area contributed by atoms with Gasteiger partial charge in [0.25, 0.3) is 0 Å². The molecule has 0 N–H and O–H groups in total. The van der Waals surface area contributed by atoms with Gasteiger partial charge in [-0.1, -0.05) is 0 Å². The first-order valence-electron chi connectivity index (χ1n) is 6.04. The molecule has 1 aromatic rings. The lowest BCUT2D eigenvalue weighted by Crippen LogP contribution is -2.23. The van der Waals surface area contributed by atoms with Crippen LogP contribution in [0.4, 0.5) is 26.3 Å². The average Bonchev–Trinajstić information content (AvgIpc) is 2.37. The fraction of sp³-hybridized carbons (Fsp3) is 0.500. The molecule has 0 fully saturated rings. The number of halogens is 7. The van der Waals surface area contributed by atoms with Crippen LogP contribution in [0.15, 0.2) is 6.20 Å². The van der Waals surface area contributed by atoms with Crippen LogP contribution in [-0.4, -0.2) is 23.9 Å². The van der Waals surface area contributed by atoms with Crippen LogP contribution in [0.5, 0.6) is 5.88 Å². The molecule has 0 atom stereocenters. The van der Waals surface area contributed by atoms with Crippen LogP contribution >= 0.6 is 11.6 Å². The van der Waals surface area contributed by atoms with Gasteiger partial charge in [-0.05, 0) is 12.5 Å². The number of nitrogens with zero attached hydrogens (tertiary/aromatic N) is 1. The Balaban J connectivity index is 3.49. The van der Waals surface area contributed by atoms with E-state index in [0.29, 0.717) is 6.20 Å². The van der Waals surface area contributed by atoms with Gasteiger partial charge in [0, 0.05) is 17.6 Å². The summed E-state index contributed by atoms with van der Waals surface area (Å²) in [4.78, 5) is 14.6. The van der Waals surface area contributed by atoms with Gasteiger partial charge in [0.2, 0.25) is 5.88 Å². The number of hydrogen-bond acceptors (Lipinski definition) is 4. The quantitative estimate of drug-likeness (QED) is 0.452. The van der Waals surface area contributed by atoms with Gasteiger partial charge in [-0.15, -0.1) is 24.8 Å². The molecule has 1 aromatic heterocycles. The van der Waals surface area contributed by atoms with Crippen molar-refractivity contribution in [2.45, 2.75) is 31.8 Å². The van der Waals surface area contributed by atoms with Crippen LogP contribution in [0.25, 0.3) is 0 Å². The van der Waals surface area contributed by atoms with Crippen LogP contribution in [0.2, 0.25) is 0 Å². The number of carbonyl (C=O) groups is 1. The Bertz CT molecular complexity index is 573. The third kappa shape index (κ3) is 5.45. The van der Waals surface area contributed by atoms with Crippen molar-refractivity contribution in [1.82, 2.24) is 4.98 Å². The second-order valence-corrected chi connectivity index (χ2v) is 4.37. The van der Waals surface area contributed by atoms with Crippen molar-refractivity contribution >= 4 is 17.6 Å². The fourth-order valence-corrected chi connectivity index (χ4v) is 1.95. The molecule has 11 heteroatoms. The van der Waals surface area contributed by atoms with Gasteiger partial charge in [-0.25, -0.2) is 4.98 Å². The normalized spacial score (nSPS) is 12.2. The average molecular weight is 366 g/mol. The number of rotatable bonds is 5. The minimum Gasteiger partial charge on any atom is -0.466 e. The Morgan fingerprint density at radius 2 is 1.87 bits per heavy atom. The Morgan fingerprint density at radius 3 is 2.30 bits per heavy atom. The summed E-state index contributed by atoms with van der Waals surface area (Å²) in [7, 11) is 0. The molecule has 0 aliphatic heterocycles. The molecule has 130 valence electrons. The summed E-state index contributed by atoms with van der Waals surface area (Å²) in [5.74, 6) is -3.19. The number of alkyl halides is 7. The molecule has 0 amide bonds. The number of pyridine rings is 1. The first-order valence-corrected chi connectivity index (χ1v) is 6.58. The molecule has 4 nitrogen and oxygen atoms in total. The van der Waals surface area contributed by atoms with Crippen molar-refractivity contribution in [3.05, 3.63) is 22.9 Å². The Kier molecular flexibility index (Phi) is 6.09. The van der Waals surface area contributed by atoms with Crippen molar-refractivity contribution in [2.75, 3.05) is 6.61 Å². The maximum absolute atomic E-state index is 13.2. The van der Waals surface area contributed by atoms with E-state index >= 15 is 0 Å². The fourth-order valence-electron chi connectivity index (χ4n) is 1.75. The molecule has 0 saturated carbocycles. The lowest BCUT2D eigenvalue weighted by molar-refractivity contribution is -0.276. The summed E-state index contributed by atoms with van der Waals surface area (Å²) >= 11 is 5.37. The van der Waals surface area contributed by atoms with E-state index in [1.165, 1.54) is 6.92 Å². The maximum Gasteiger partial charge on any atom is 0.574 e. The molecule has 1 heterocycles. The minimum absolute atomic E-state index is 0.154. The van der Waals surface area contributed by atoms with Crippen LogP contribution < -0.4 is 4.74 Å². The van der Waals surface area contributed by atoms with E-state index in [2.05, 4.69) is 14.5 Å². The van der Waals surface area contributed by atoms with Gasteiger partial charge in [-0.3, -0.25) is 4.79 Å². The van der Waals surface area contributed by atoms with Crippen LogP contribution in [0.1, 0.15) is 23.6 Å². The zero-order valence-corrected chi connectivity index (χ0v) is 12.3. The molecular weight excluding hydrogens is 356 g/mol. The summed E-state index contributed by atoms with van der Waals surface area (Å²) < 4.78 is 84.5. The number of carbonyl (C=O) groups excluding carboxylic acids is 1. The van der Waals surface area contributed by atoms with Gasteiger partial charge < -0.3 is 9.47 Å². The van der Waals surface area contributed by atoms with E-state index in [0.717, 1.165) is 0 Å². The third-order valence-corrected chi connectivity index (χ3v) is 2.77. The molecular formula is C12H10ClF6NO3. The summed E-state index contributed by atoms with van der Waals surface area (Å²) in [6.07, 6.45) is -10.9. The zero-order valence-electron chi connectivity index (χ0n) is 11.5. The first-order chi connectivity index (χ1) is 10.5. The van der Waals surface area contributed by atoms with Gasteiger partial charge in [0.05, 0.1) is 18.6 Å². The maximum atomic E-state index is 13.2. The molecule has 0 unspecified atom stereocenters. The molecule has 0 aliphatic carbocycles. The summed E-state index contributed by atoms with van der Waals surface area (Å²) in [6, 6.07) is 0. The Hall–Kier alpha value is -1.71. The lowest BCUT2D eigenvalue weighted by atomic mass is 10.0. The second kappa shape index (κ2) is 7.24. The highest BCUT2D eigenvalue weighted by atomic mass is 35.5. The highest BCUT2D eigenvalue weighted by Crippen LogP contribution is 2.39. The van der Waals surface area contributed by atoms with Gasteiger partial charge in [0.1, 0.15) is 0 Å². The number of hydrogen-bond donors (Lipinski definition) is 0. The standard InChI is InChI=1S/C12H10ClF6NO3/c1-2-22-8(21)3-7-9(11(14,15)16)6(4-13)5-20-10(7)23-12(17,18)19/h5H,2-4H2,1H3. The van der Waals surface area contributed by atoms with Crippen molar-refractivity contribution in [3.8, 4) is 5.88 Å². The van der Waals surface area contributed by atoms with E-state index in [4.69, 9.17) is 11.6 Å². The predicted octanol–water partition coefficient (Wildman–Crippen LogP) is 3.84. The largest absolute Gasteiger partial charge is 0.574 e. The van der Waals surface area contributed by atoms with Gasteiger partial charge in [-0.2, -0.15) is 13.2 Å². The van der Waals surface area contributed by atoms with Crippen molar-refractivity contribution < 1.29 is 40.6 Å². The zero-order chi connectivity index (χ0) is 17.8. The first kappa shape index (κ1) is 19.3. The molecule has 0 spiro atoms. The molecule has 0 saturated heterocycles. The third-order valence-electron chi connectivity index (χ3n) is 2.48. The summed E-state index contributed by atoms with van der Waals surface area (Å²) in [5.41, 5.74) is -3.14. The molecule has 23 heavy (non-hydrogen) atoms. The van der Waals surface area contributed by atoms with Crippen LogP contribution in [0, 0.1) is 0 Å². The lowest BCUT2D eigenvalue weighted by Gasteiger charge is -2.19. The number of esters is 1. The van der Waals surface area contributed by atoms with Crippen molar-refractivity contribution in [1.29, 1.82) is 0 Å². The monoisotopic (exact) mass is 365 g/mol.